The van der Waals surface area contributed by atoms with Crippen molar-refractivity contribution in [2.24, 2.45) is 0 Å². The number of rotatable bonds is 5. The average Bonchev–Trinajstić information content (AvgIpc) is 3.05. The predicted octanol–water partition coefficient (Wildman–Crippen LogP) is 2.57. The molecule has 3 rings (SSSR count). The van der Waals surface area contributed by atoms with Crippen LogP contribution in [0.2, 0.25) is 0 Å². The van der Waals surface area contributed by atoms with Crippen molar-refractivity contribution < 1.29 is 4.79 Å². The van der Waals surface area contributed by atoms with Crippen molar-refractivity contribution in [3.8, 4) is 11.4 Å². The summed E-state index contributed by atoms with van der Waals surface area (Å²) in [6.07, 6.45) is 5.65. The molecular weight excluding hydrogens is 296 g/mol. The van der Waals surface area contributed by atoms with Gasteiger partial charge >= 0.3 is 0 Å². The molecule has 0 aromatic carbocycles. The minimum absolute atomic E-state index is 0.116. The zero-order chi connectivity index (χ0) is 15.2. The number of carbonyl (C=O) groups is 1. The number of nitrogens with zero attached hydrogens (tertiary/aromatic N) is 3. The molecule has 0 spiro atoms. The third-order valence-electron chi connectivity index (χ3n) is 3.03. The molecule has 0 aliphatic carbocycles. The Morgan fingerprint density at radius 2 is 2.09 bits per heavy atom. The maximum Gasteiger partial charge on any atom is 0.252 e. The van der Waals surface area contributed by atoms with Crippen LogP contribution in [0.3, 0.4) is 0 Å². The molecule has 110 valence electrons. The summed E-state index contributed by atoms with van der Waals surface area (Å²) in [7, 11) is 0. The average molecular weight is 310 g/mol. The third kappa shape index (κ3) is 3.53. The van der Waals surface area contributed by atoms with Crippen molar-refractivity contribution >= 4 is 17.2 Å². The van der Waals surface area contributed by atoms with Crippen LogP contribution in [0.5, 0.6) is 0 Å². The van der Waals surface area contributed by atoms with Crippen molar-refractivity contribution in [1.29, 1.82) is 0 Å². The van der Waals surface area contributed by atoms with Crippen molar-refractivity contribution in [1.82, 2.24) is 20.3 Å². The van der Waals surface area contributed by atoms with Gasteiger partial charge in [0, 0.05) is 36.9 Å². The van der Waals surface area contributed by atoms with Gasteiger partial charge in [0.1, 0.15) is 0 Å². The molecule has 6 heteroatoms. The molecule has 0 bridgehead atoms. The van der Waals surface area contributed by atoms with Crippen LogP contribution in [0, 0.1) is 0 Å². The number of carbonyl (C=O) groups excluding carboxylic acids is 1. The van der Waals surface area contributed by atoms with Gasteiger partial charge in [-0.1, -0.05) is 6.07 Å². The summed E-state index contributed by atoms with van der Waals surface area (Å²) < 4.78 is 0. The van der Waals surface area contributed by atoms with Crippen LogP contribution in [0.15, 0.2) is 54.3 Å². The van der Waals surface area contributed by atoms with Crippen LogP contribution in [0.4, 0.5) is 0 Å². The number of nitrogens with one attached hydrogen (secondary N) is 1. The van der Waals surface area contributed by atoms with Gasteiger partial charge < -0.3 is 5.32 Å². The number of aromatic nitrogens is 3. The summed E-state index contributed by atoms with van der Waals surface area (Å²) in [6.45, 7) is 0.545. The summed E-state index contributed by atoms with van der Waals surface area (Å²) in [5, 5.41) is 5.83. The van der Waals surface area contributed by atoms with Gasteiger partial charge in [-0.05, 0) is 24.3 Å². The number of hydrogen-bond acceptors (Lipinski definition) is 5. The Bertz CT molecular complexity index is 743. The fraction of sp³-hybridized carbons (Fsp3) is 0.125. The van der Waals surface area contributed by atoms with Crippen molar-refractivity contribution in [3.63, 3.8) is 0 Å². The van der Waals surface area contributed by atoms with Crippen LogP contribution in [-0.2, 0) is 6.42 Å². The lowest BCUT2D eigenvalue weighted by Crippen LogP contribution is -2.25. The van der Waals surface area contributed by atoms with E-state index in [9.17, 15) is 4.79 Å². The summed E-state index contributed by atoms with van der Waals surface area (Å²) >= 11 is 1.58. The van der Waals surface area contributed by atoms with E-state index < -0.39 is 0 Å². The molecule has 1 amide bonds. The first-order valence-electron chi connectivity index (χ1n) is 6.87. The Kier molecular flexibility index (Phi) is 4.50. The monoisotopic (exact) mass is 310 g/mol. The van der Waals surface area contributed by atoms with E-state index in [0.717, 1.165) is 16.4 Å². The second-order valence-corrected chi connectivity index (χ2v) is 5.53. The van der Waals surface area contributed by atoms with E-state index >= 15 is 0 Å². The molecule has 22 heavy (non-hydrogen) atoms. The van der Waals surface area contributed by atoms with Gasteiger partial charge in [-0.25, -0.2) is 4.98 Å². The highest BCUT2D eigenvalue weighted by Gasteiger charge is 2.07. The van der Waals surface area contributed by atoms with Gasteiger partial charge in [-0.3, -0.25) is 14.8 Å². The summed E-state index contributed by atoms with van der Waals surface area (Å²) in [5.41, 5.74) is 2.30. The number of amides is 1. The SMILES string of the molecule is O=C(NCCc1nc(-c2ccccn2)cs1)c1cccnc1. The fourth-order valence-electron chi connectivity index (χ4n) is 1.94. The predicted molar refractivity (Wildman–Crippen MR) is 85.6 cm³/mol. The summed E-state index contributed by atoms with van der Waals surface area (Å²) in [5.74, 6) is -0.116. The van der Waals surface area contributed by atoms with E-state index in [4.69, 9.17) is 0 Å². The lowest BCUT2D eigenvalue weighted by atomic mass is 10.2. The topological polar surface area (TPSA) is 67.8 Å². The fourth-order valence-corrected chi connectivity index (χ4v) is 2.73. The van der Waals surface area contributed by atoms with Gasteiger partial charge in [0.05, 0.1) is 22.0 Å². The molecule has 0 unspecified atom stereocenters. The molecule has 0 atom stereocenters. The number of pyridine rings is 2. The zero-order valence-electron chi connectivity index (χ0n) is 11.8. The van der Waals surface area contributed by atoms with Crippen LogP contribution in [-0.4, -0.2) is 27.4 Å². The molecular formula is C16H14N4OS. The molecule has 0 aliphatic heterocycles. The Labute approximate surface area is 132 Å². The highest BCUT2D eigenvalue weighted by atomic mass is 32.1. The largest absolute Gasteiger partial charge is 0.352 e. The standard InChI is InChI=1S/C16H14N4OS/c21-16(12-4-3-7-17-10-12)19-9-6-15-20-14(11-22-15)13-5-1-2-8-18-13/h1-5,7-8,10-11H,6,9H2,(H,19,21). The van der Waals surface area contributed by atoms with Gasteiger partial charge in [-0.15, -0.1) is 11.3 Å². The summed E-state index contributed by atoms with van der Waals surface area (Å²) in [6, 6.07) is 9.24. The smallest absolute Gasteiger partial charge is 0.252 e. The molecule has 1 N–H and O–H groups in total. The highest BCUT2D eigenvalue weighted by Crippen LogP contribution is 2.19. The zero-order valence-corrected chi connectivity index (χ0v) is 12.6. The molecule has 0 radical (unpaired) electrons. The Balaban J connectivity index is 1.55. The molecule has 3 aromatic heterocycles. The minimum Gasteiger partial charge on any atom is -0.352 e. The normalized spacial score (nSPS) is 10.4. The third-order valence-corrected chi connectivity index (χ3v) is 3.94. The number of hydrogen-bond donors (Lipinski definition) is 1. The minimum atomic E-state index is -0.116. The molecule has 0 saturated heterocycles. The Morgan fingerprint density at radius 1 is 1.14 bits per heavy atom. The lowest BCUT2D eigenvalue weighted by molar-refractivity contribution is 0.0954. The van der Waals surface area contributed by atoms with E-state index in [2.05, 4.69) is 20.3 Å². The van der Waals surface area contributed by atoms with E-state index in [0.29, 0.717) is 18.5 Å². The second-order valence-electron chi connectivity index (χ2n) is 4.59. The molecule has 3 aromatic rings. The van der Waals surface area contributed by atoms with Gasteiger partial charge in [-0.2, -0.15) is 0 Å². The van der Waals surface area contributed by atoms with Crippen molar-refractivity contribution in [2.75, 3.05) is 6.54 Å². The maximum absolute atomic E-state index is 11.9. The van der Waals surface area contributed by atoms with E-state index in [1.807, 2.05) is 23.6 Å². The van der Waals surface area contributed by atoms with Crippen molar-refractivity contribution in [3.05, 3.63) is 64.9 Å². The van der Waals surface area contributed by atoms with E-state index in [1.54, 1.807) is 42.1 Å². The lowest BCUT2D eigenvalue weighted by Gasteiger charge is -2.03. The number of thiazole rings is 1. The molecule has 3 heterocycles. The van der Waals surface area contributed by atoms with Crippen LogP contribution >= 0.6 is 11.3 Å². The quantitative estimate of drug-likeness (QED) is 0.786. The van der Waals surface area contributed by atoms with Crippen LogP contribution in [0.1, 0.15) is 15.4 Å². The Morgan fingerprint density at radius 3 is 2.86 bits per heavy atom. The van der Waals surface area contributed by atoms with Crippen LogP contribution < -0.4 is 5.32 Å². The molecule has 0 aliphatic rings. The molecule has 5 nitrogen and oxygen atoms in total. The van der Waals surface area contributed by atoms with E-state index in [1.165, 1.54) is 0 Å². The second kappa shape index (κ2) is 6.91. The van der Waals surface area contributed by atoms with Gasteiger partial charge in [0.2, 0.25) is 0 Å². The first-order valence-corrected chi connectivity index (χ1v) is 7.75. The van der Waals surface area contributed by atoms with E-state index in [-0.39, 0.29) is 5.91 Å². The molecule has 0 saturated carbocycles. The van der Waals surface area contributed by atoms with Gasteiger partial charge in [0.25, 0.3) is 5.91 Å². The molecule has 0 fully saturated rings. The summed E-state index contributed by atoms with van der Waals surface area (Å²) in [4.78, 5) is 24.6. The highest BCUT2D eigenvalue weighted by molar-refractivity contribution is 7.09. The maximum atomic E-state index is 11.9. The first-order chi connectivity index (χ1) is 10.8. The Hall–Kier alpha value is -2.60. The van der Waals surface area contributed by atoms with Gasteiger partial charge in [0.15, 0.2) is 0 Å². The first kappa shape index (κ1) is 14.3. The van der Waals surface area contributed by atoms with Crippen molar-refractivity contribution in [2.45, 2.75) is 6.42 Å². The van der Waals surface area contributed by atoms with Crippen LogP contribution in [0.25, 0.3) is 11.4 Å².